The van der Waals surface area contributed by atoms with Gasteiger partial charge in [0, 0.05) is 65.8 Å². The predicted octanol–water partition coefficient (Wildman–Crippen LogP) is 6.48. The summed E-state index contributed by atoms with van der Waals surface area (Å²) in [6, 6.07) is 16.3. The zero-order chi connectivity index (χ0) is 23.2. The first-order valence-electron chi connectivity index (χ1n) is 11.2. The number of benzene rings is 2. The van der Waals surface area contributed by atoms with Gasteiger partial charge >= 0.3 is 6.18 Å². The summed E-state index contributed by atoms with van der Waals surface area (Å²) in [5.74, 6) is 0. The molecule has 3 heterocycles. The van der Waals surface area contributed by atoms with Crippen molar-refractivity contribution in [3.05, 3.63) is 94.4 Å². The third-order valence-electron chi connectivity index (χ3n) is 6.57. The maximum Gasteiger partial charge on any atom is 0.416 e. The summed E-state index contributed by atoms with van der Waals surface area (Å²) in [5.41, 5.74) is 7.49. The van der Waals surface area contributed by atoms with Gasteiger partial charge < -0.3 is 9.47 Å². The molecule has 0 spiro atoms. The van der Waals surface area contributed by atoms with Gasteiger partial charge in [-0.2, -0.15) is 13.2 Å². The number of aromatic nitrogens is 2. The van der Waals surface area contributed by atoms with Crippen molar-refractivity contribution in [3.8, 4) is 0 Å². The van der Waals surface area contributed by atoms with E-state index in [1.165, 1.54) is 45.4 Å². The van der Waals surface area contributed by atoms with E-state index in [1.807, 2.05) is 19.2 Å². The second-order valence-corrected chi connectivity index (χ2v) is 8.87. The van der Waals surface area contributed by atoms with Gasteiger partial charge in [-0.05, 0) is 68.3 Å². The van der Waals surface area contributed by atoms with E-state index < -0.39 is 11.7 Å². The third-order valence-corrected chi connectivity index (χ3v) is 6.57. The van der Waals surface area contributed by atoms with Crippen LogP contribution in [0, 0.1) is 13.8 Å². The predicted molar refractivity (Wildman–Crippen MR) is 126 cm³/mol. The lowest BCUT2D eigenvalue weighted by Gasteiger charge is -2.30. The Bertz CT molecular complexity index is 1290. The first kappa shape index (κ1) is 21.6. The highest BCUT2D eigenvalue weighted by atomic mass is 19.4. The molecule has 0 bridgehead atoms. The van der Waals surface area contributed by atoms with E-state index in [4.69, 9.17) is 0 Å². The molecule has 5 rings (SSSR count). The molecule has 1 aliphatic rings. The van der Waals surface area contributed by atoms with E-state index in [0.29, 0.717) is 6.54 Å². The lowest BCUT2D eigenvalue weighted by Crippen LogP contribution is -2.31. The van der Waals surface area contributed by atoms with Gasteiger partial charge in [0.05, 0.1) is 5.56 Å². The van der Waals surface area contributed by atoms with Crippen molar-refractivity contribution in [2.75, 3.05) is 11.4 Å². The van der Waals surface area contributed by atoms with E-state index in [9.17, 15) is 13.2 Å². The molecule has 3 nitrogen and oxygen atoms in total. The minimum atomic E-state index is -4.31. The first-order chi connectivity index (χ1) is 15.8. The van der Waals surface area contributed by atoms with Crippen LogP contribution in [0.1, 0.15) is 33.6 Å². The van der Waals surface area contributed by atoms with E-state index in [-0.39, 0.29) is 0 Å². The molecule has 0 saturated heterocycles. The Morgan fingerprint density at radius 2 is 1.76 bits per heavy atom. The van der Waals surface area contributed by atoms with Crippen LogP contribution in [0.3, 0.4) is 0 Å². The Balaban J connectivity index is 1.46. The fourth-order valence-corrected chi connectivity index (χ4v) is 4.79. The summed E-state index contributed by atoms with van der Waals surface area (Å²) in [5, 5.41) is 1.24. The van der Waals surface area contributed by atoms with Gasteiger partial charge in [0.1, 0.15) is 0 Å². The topological polar surface area (TPSA) is 21.1 Å². The molecule has 0 unspecified atom stereocenters. The number of rotatable bonds is 4. The van der Waals surface area contributed by atoms with Crippen LogP contribution in [0.2, 0.25) is 0 Å². The van der Waals surface area contributed by atoms with Crippen molar-refractivity contribution >= 4 is 16.6 Å². The lowest BCUT2D eigenvalue weighted by atomic mass is 10.0. The average Bonchev–Trinajstić information content (AvgIpc) is 3.10. The summed E-state index contributed by atoms with van der Waals surface area (Å²) >= 11 is 0. The van der Waals surface area contributed by atoms with Crippen LogP contribution >= 0.6 is 0 Å². The molecule has 170 valence electrons. The molecule has 2 aromatic carbocycles. The smallest absolute Gasteiger partial charge is 0.367 e. The number of hydrogen-bond donors (Lipinski definition) is 0. The number of aryl methyl sites for hydroxylation is 4. The quantitative estimate of drug-likeness (QED) is 0.356. The molecule has 0 fully saturated rings. The van der Waals surface area contributed by atoms with Gasteiger partial charge in [-0.1, -0.05) is 17.7 Å². The SMILES string of the molecule is Cc1ccc2c(c1)c1c(n2CCc2ccc(C)nc2)CCN(c2ccc(C(F)(F)F)cc2)C1. The molecule has 33 heavy (non-hydrogen) atoms. The van der Waals surface area contributed by atoms with Crippen LogP contribution < -0.4 is 4.90 Å². The fourth-order valence-electron chi connectivity index (χ4n) is 4.79. The van der Waals surface area contributed by atoms with E-state index in [2.05, 4.69) is 45.6 Å². The fraction of sp³-hybridized carbons (Fsp3) is 0.296. The van der Waals surface area contributed by atoms with Crippen molar-refractivity contribution in [2.24, 2.45) is 0 Å². The molecular formula is C27H26F3N3. The number of pyridine rings is 1. The normalized spacial score (nSPS) is 14.0. The molecule has 0 amide bonds. The second kappa shape index (κ2) is 8.25. The van der Waals surface area contributed by atoms with Gasteiger partial charge in [0.25, 0.3) is 0 Å². The van der Waals surface area contributed by atoms with Crippen LogP contribution in [-0.4, -0.2) is 16.1 Å². The number of nitrogens with zero attached hydrogens (tertiary/aromatic N) is 3. The van der Waals surface area contributed by atoms with Gasteiger partial charge in [-0.25, -0.2) is 0 Å². The molecule has 6 heteroatoms. The highest BCUT2D eigenvalue weighted by molar-refractivity contribution is 5.87. The maximum absolute atomic E-state index is 13.0. The van der Waals surface area contributed by atoms with Crippen molar-refractivity contribution in [2.45, 2.75) is 46.0 Å². The van der Waals surface area contributed by atoms with Crippen molar-refractivity contribution in [1.82, 2.24) is 9.55 Å². The number of alkyl halides is 3. The zero-order valence-electron chi connectivity index (χ0n) is 18.8. The molecule has 2 aromatic heterocycles. The van der Waals surface area contributed by atoms with Crippen LogP contribution in [0.25, 0.3) is 10.9 Å². The van der Waals surface area contributed by atoms with E-state index in [1.54, 1.807) is 12.1 Å². The number of fused-ring (bicyclic) bond motifs is 3. The van der Waals surface area contributed by atoms with Gasteiger partial charge in [0.2, 0.25) is 0 Å². The maximum atomic E-state index is 13.0. The Kier molecular flexibility index (Phi) is 5.39. The van der Waals surface area contributed by atoms with Gasteiger partial charge in [-0.3, -0.25) is 4.98 Å². The van der Waals surface area contributed by atoms with Crippen molar-refractivity contribution < 1.29 is 13.2 Å². The Labute approximate surface area is 191 Å². The third kappa shape index (κ3) is 4.22. The summed E-state index contributed by atoms with van der Waals surface area (Å²) in [6.07, 6.45) is -0.605. The van der Waals surface area contributed by atoms with Crippen molar-refractivity contribution in [1.29, 1.82) is 0 Å². The summed E-state index contributed by atoms with van der Waals surface area (Å²) in [7, 11) is 0. The van der Waals surface area contributed by atoms with Gasteiger partial charge in [-0.15, -0.1) is 0 Å². The molecule has 0 saturated carbocycles. The molecule has 1 aliphatic heterocycles. The largest absolute Gasteiger partial charge is 0.416 e. The monoisotopic (exact) mass is 449 g/mol. The highest BCUT2D eigenvalue weighted by Crippen LogP contribution is 2.35. The van der Waals surface area contributed by atoms with E-state index >= 15 is 0 Å². The number of halogens is 3. The first-order valence-corrected chi connectivity index (χ1v) is 11.2. The zero-order valence-corrected chi connectivity index (χ0v) is 18.8. The molecule has 0 radical (unpaired) electrons. The molecule has 0 atom stereocenters. The summed E-state index contributed by atoms with van der Waals surface area (Å²) in [4.78, 5) is 6.60. The highest BCUT2D eigenvalue weighted by Gasteiger charge is 2.30. The van der Waals surface area contributed by atoms with Crippen LogP contribution in [0.4, 0.5) is 18.9 Å². The minimum absolute atomic E-state index is 0.609. The molecule has 0 aliphatic carbocycles. The molecular weight excluding hydrogens is 423 g/mol. The van der Waals surface area contributed by atoms with Gasteiger partial charge in [0.15, 0.2) is 0 Å². The summed E-state index contributed by atoms with van der Waals surface area (Å²) < 4.78 is 41.3. The second-order valence-electron chi connectivity index (χ2n) is 8.87. The van der Waals surface area contributed by atoms with Crippen molar-refractivity contribution in [3.63, 3.8) is 0 Å². The van der Waals surface area contributed by atoms with Crippen LogP contribution in [0.15, 0.2) is 60.8 Å². The average molecular weight is 450 g/mol. The Hall–Kier alpha value is -3.28. The minimum Gasteiger partial charge on any atom is -0.367 e. The van der Waals surface area contributed by atoms with E-state index in [0.717, 1.165) is 37.3 Å². The van der Waals surface area contributed by atoms with Crippen LogP contribution in [0.5, 0.6) is 0 Å². The number of hydrogen-bond acceptors (Lipinski definition) is 2. The van der Waals surface area contributed by atoms with Crippen LogP contribution in [-0.2, 0) is 32.1 Å². The Morgan fingerprint density at radius 1 is 0.970 bits per heavy atom. The molecule has 0 N–H and O–H groups in total. The summed E-state index contributed by atoms with van der Waals surface area (Å²) in [6.45, 7) is 6.43. The lowest BCUT2D eigenvalue weighted by molar-refractivity contribution is -0.137. The standard InChI is InChI=1S/C27H26F3N3/c1-18-3-10-25-23(15-18)24-17-32(22-8-6-21(7-9-22)27(28,29)30)13-12-26(24)33(25)14-11-20-5-4-19(2)31-16-20/h3-10,15-16H,11-14,17H2,1-2H3. The molecule has 4 aromatic rings. The number of anilines is 1. The Morgan fingerprint density at radius 3 is 2.45 bits per heavy atom.